The van der Waals surface area contributed by atoms with Crippen molar-refractivity contribution < 1.29 is 9.53 Å². The maximum Gasteiger partial charge on any atom is 0.257 e. The average molecular weight is 393 g/mol. The Kier molecular flexibility index (Phi) is 6.12. The molecule has 0 unspecified atom stereocenters. The van der Waals surface area contributed by atoms with Crippen molar-refractivity contribution >= 4 is 44.9 Å². The van der Waals surface area contributed by atoms with Gasteiger partial charge in [-0.15, -0.1) is 0 Å². The number of benzene rings is 2. The maximum absolute atomic E-state index is 12.2. The van der Waals surface area contributed by atoms with E-state index in [0.29, 0.717) is 17.9 Å². The molecule has 6 heteroatoms. The van der Waals surface area contributed by atoms with Crippen LogP contribution in [0.3, 0.4) is 0 Å². The van der Waals surface area contributed by atoms with Crippen LogP contribution in [0, 0.1) is 6.92 Å². The molecule has 2 N–H and O–H groups in total. The highest BCUT2D eigenvalue weighted by molar-refractivity contribution is 9.10. The number of rotatable bonds is 4. The normalized spacial score (nSPS) is 10.0. The summed E-state index contributed by atoms with van der Waals surface area (Å²) >= 11 is 8.66. The number of carbonyl (C=O) groups is 1. The van der Waals surface area contributed by atoms with E-state index >= 15 is 0 Å². The van der Waals surface area contributed by atoms with Crippen LogP contribution in [0.1, 0.15) is 22.8 Å². The lowest BCUT2D eigenvalue weighted by atomic mass is 10.2. The molecule has 2 aromatic carbocycles. The lowest BCUT2D eigenvalue weighted by Gasteiger charge is -2.12. The Hall–Kier alpha value is -1.92. The van der Waals surface area contributed by atoms with Crippen LogP contribution in [-0.2, 0) is 0 Å². The molecule has 0 saturated carbocycles. The summed E-state index contributed by atoms with van der Waals surface area (Å²) in [5, 5.41) is 5.90. The minimum atomic E-state index is -0.285. The standard InChI is InChI=1S/C17H17BrN2O2S/c1-3-22-13-6-4-5-12(10-13)16(21)20-17(23)19-15-8-7-11(2)9-14(15)18/h4-10H,3H2,1-2H3,(H2,19,20,21,23). The molecule has 0 aliphatic rings. The number of thiocarbonyl (C=S) groups is 1. The predicted octanol–water partition coefficient (Wildman–Crippen LogP) is 4.28. The van der Waals surface area contributed by atoms with E-state index in [9.17, 15) is 4.79 Å². The number of amides is 1. The maximum atomic E-state index is 12.2. The summed E-state index contributed by atoms with van der Waals surface area (Å²) in [5.74, 6) is 0.368. The number of carbonyl (C=O) groups excluding carboxylic acids is 1. The third kappa shape index (κ3) is 5.04. The Bertz CT molecular complexity index is 734. The number of anilines is 1. The van der Waals surface area contributed by atoms with E-state index in [-0.39, 0.29) is 11.0 Å². The van der Waals surface area contributed by atoms with E-state index in [0.717, 1.165) is 15.7 Å². The minimum absolute atomic E-state index is 0.237. The molecule has 0 radical (unpaired) electrons. The summed E-state index contributed by atoms with van der Waals surface area (Å²) in [5.41, 5.74) is 2.41. The smallest absolute Gasteiger partial charge is 0.257 e. The van der Waals surface area contributed by atoms with Crippen molar-refractivity contribution in [3.8, 4) is 5.75 Å². The Morgan fingerprint density at radius 2 is 2.04 bits per heavy atom. The molecule has 0 saturated heterocycles. The van der Waals surface area contributed by atoms with E-state index < -0.39 is 0 Å². The fourth-order valence-corrected chi connectivity index (χ4v) is 2.74. The molecule has 0 bridgehead atoms. The van der Waals surface area contributed by atoms with E-state index in [2.05, 4.69) is 26.6 Å². The van der Waals surface area contributed by atoms with Crippen LogP contribution in [0.25, 0.3) is 0 Å². The Labute approximate surface area is 149 Å². The van der Waals surface area contributed by atoms with E-state index in [1.807, 2.05) is 32.0 Å². The highest BCUT2D eigenvalue weighted by atomic mass is 79.9. The molecule has 2 aromatic rings. The first-order valence-corrected chi connectivity index (χ1v) is 8.31. The van der Waals surface area contributed by atoms with Crippen LogP contribution in [-0.4, -0.2) is 17.6 Å². The summed E-state index contributed by atoms with van der Waals surface area (Å²) in [6, 6.07) is 12.8. The van der Waals surface area contributed by atoms with Gasteiger partial charge in [0.25, 0.3) is 5.91 Å². The molecule has 4 nitrogen and oxygen atoms in total. The van der Waals surface area contributed by atoms with Gasteiger partial charge in [0.1, 0.15) is 5.75 Å². The Morgan fingerprint density at radius 3 is 2.74 bits per heavy atom. The van der Waals surface area contributed by atoms with Crippen LogP contribution in [0.4, 0.5) is 5.69 Å². The zero-order chi connectivity index (χ0) is 16.8. The van der Waals surface area contributed by atoms with Crippen LogP contribution >= 0.6 is 28.1 Å². The van der Waals surface area contributed by atoms with Crippen molar-refractivity contribution in [2.45, 2.75) is 13.8 Å². The van der Waals surface area contributed by atoms with Gasteiger partial charge in [0, 0.05) is 10.0 Å². The summed E-state index contributed by atoms with van der Waals surface area (Å²) in [6.07, 6.45) is 0. The monoisotopic (exact) mass is 392 g/mol. The van der Waals surface area contributed by atoms with Gasteiger partial charge < -0.3 is 10.1 Å². The quantitative estimate of drug-likeness (QED) is 0.762. The number of ether oxygens (including phenoxy) is 1. The molecule has 0 aliphatic heterocycles. The molecule has 0 fully saturated rings. The van der Waals surface area contributed by atoms with Gasteiger partial charge in [0.2, 0.25) is 0 Å². The molecule has 2 rings (SSSR count). The molecule has 0 atom stereocenters. The van der Waals surface area contributed by atoms with E-state index in [1.54, 1.807) is 24.3 Å². The molecule has 0 aliphatic carbocycles. The molecule has 120 valence electrons. The number of nitrogens with one attached hydrogen (secondary N) is 2. The number of halogens is 1. The zero-order valence-electron chi connectivity index (χ0n) is 12.9. The second-order valence-electron chi connectivity index (χ2n) is 4.85. The van der Waals surface area contributed by atoms with E-state index in [4.69, 9.17) is 17.0 Å². The van der Waals surface area contributed by atoms with Crippen molar-refractivity contribution in [3.05, 3.63) is 58.1 Å². The fourth-order valence-electron chi connectivity index (χ4n) is 1.94. The Balaban J connectivity index is 2.02. The van der Waals surface area contributed by atoms with Crippen molar-refractivity contribution in [3.63, 3.8) is 0 Å². The third-order valence-corrected chi connectivity index (χ3v) is 3.87. The van der Waals surface area contributed by atoms with Gasteiger partial charge in [-0.2, -0.15) is 0 Å². The summed E-state index contributed by atoms with van der Waals surface area (Å²) in [7, 11) is 0. The average Bonchev–Trinajstić information content (AvgIpc) is 2.51. The highest BCUT2D eigenvalue weighted by Crippen LogP contribution is 2.23. The van der Waals surface area contributed by atoms with Crippen molar-refractivity contribution in [2.24, 2.45) is 0 Å². The minimum Gasteiger partial charge on any atom is -0.494 e. The molecule has 0 heterocycles. The zero-order valence-corrected chi connectivity index (χ0v) is 15.3. The van der Waals surface area contributed by atoms with Gasteiger partial charge in [-0.05, 0) is 77.9 Å². The van der Waals surface area contributed by atoms with Gasteiger partial charge >= 0.3 is 0 Å². The number of hydrogen-bond donors (Lipinski definition) is 2. The summed E-state index contributed by atoms with van der Waals surface area (Å²) < 4.78 is 6.27. The van der Waals surface area contributed by atoms with Crippen molar-refractivity contribution in [1.29, 1.82) is 0 Å². The highest BCUT2D eigenvalue weighted by Gasteiger charge is 2.10. The SMILES string of the molecule is CCOc1cccc(C(=O)NC(=S)Nc2ccc(C)cc2Br)c1. The summed E-state index contributed by atoms with van der Waals surface area (Å²) in [4.78, 5) is 12.2. The molecular weight excluding hydrogens is 376 g/mol. The van der Waals surface area contributed by atoms with Gasteiger partial charge in [-0.3, -0.25) is 10.1 Å². The molecule has 0 spiro atoms. The van der Waals surface area contributed by atoms with Gasteiger partial charge in [0.15, 0.2) is 5.11 Å². The van der Waals surface area contributed by atoms with Gasteiger partial charge in [-0.25, -0.2) is 0 Å². The lowest BCUT2D eigenvalue weighted by Crippen LogP contribution is -2.34. The number of hydrogen-bond acceptors (Lipinski definition) is 3. The summed E-state index contributed by atoms with van der Waals surface area (Å²) in [6.45, 7) is 4.44. The van der Waals surface area contributed by atoms with Crippen LogP contribution in [0.5, 0.6) is 5.75 Å². The second kappa shape index (κ2) is 8.08. The second-order valence-corrected chi connectivity index (χ2v) is 6.11. The topological polar surface area (TPSA) is 50.4 Å². The van der Waals surface area contributed by atoms with Crippen molar-refractivity contribution in [1.82, 2.24) is 5.32 Å². The van der Waals surface area contributed by atoms with Crippen LogP contribution < -0.4 is 15.4 Å². The first-order chi connectivity index (χ1) is 11.0. The van der Waals surface area contributed by atoms with Gasteiger partial charge in [-0.1, -0.05) is 12.1 Å². The fraction of sp³-hybridized carbons (Fsp3) is 0.176. The molecule has 1 amide bonds. The lowest BCUT2D eigenvalue weighted by molar-refractivity contribution is 0.0977. The Morgan fingerprint density at radius 1 is 1.26 bits per heavy atom. The number of aryl methyl sites for hydroxylation is 1. The van der Waals surface area contributed by atoms with Crippen molar-refractivity contribution in [2.75, 3.05) is 11.9 Å². The van der Waals surface area contributed by atoms with E-state index in [1.165, 1.54) is 0 Å². The van der Waals surface area contributed by atoms with Gasteiger partial charge in [0.05, 0.1) is 12.3 Å². The third-order valence-electron chi connectivity index (χ3n) is 3.01. The molecular formula is C17H17BrN2O2S. The largest absolute Gasteiger partial charge is 0.494 e. The molecule has 0 aromatic heterocycles. The molecule has 23 heavy (non-hydrogen) atoms. The predicted molar refractivity (Wildman–Crippen MR) is 100 cm³/mol. The van der Waals surface area contributed by atoms with Crippen LogP contribution in [0.2, 0.25) is 0 Å². The first-order valence-electron chi connectivity index (χ1n) is 7.11. The first kappa shape index (κ1) is 17.4. The van der Waals surface area contributed by atoms with Crippen LogP contribution in [0.15, 0.2) is 46.9 Å².